The number of fused-ring (bicyclic) bond motifs is 1. The number of nitrogens with zero attached hydrogens (tertiary/aromatic N) is 2. The summed E-state index contributed by atoms with van der Waals surface area (Å²) < 4.78 is 13.8. The van der Waals surface area contributed by atoms with E-state index in [4.69, 9.17) is 14.6 Å². The van der Waals surface area contributed by atoms with Crippen LogP contribution in [-0.2, 0) is 6.42 Å². The summed E-state index contributed by atoms with van der Waals surface area (Å²) >= 11 is 3.53. The number of ether oxygens (including phenoxy) is 2. The molecule has 0 spiro atoms. The maximum atomic E-state index is 5.41. The first-order chi connectivity index (χ1) is 12.2. The number of methoxy groups -OCH3 is 2. The normalized spacial score (nSPS) is 12.6. The highest BCUT2D eigenvalue weighted by Crippen LogP contribution is 2.37. The van der Waals surface area contributed by atoms with Crippen LogP contribution in [0.4, 0.5) is 5.82 Å². The Morgan fingerprint density at radius 3 is 2.52 bits per heavy atom. The van der Waals surface area contributed by atoms with Crippen LogP contribution in [0.1, 0.15) is 5.56 Å². The van der Waals surface area contributed by atoms with Crippen LogP contribution in [0.15, 0.2) is 46.9 Å². The van der Waals surface area contributed by atoms with Crippen molar-refractivity contribution in [1.82, 2.24) is 9.78 Å². The molecule has 2 aromatic carbocycles. The molecule has 0 amide bonds. The molecule has 0 bridgehead atoms. The van der Waals surface area contributed by atoms with Gasteiger partial charge in [0.05, 0.1) is 25.6 Å². The van der Waals surface area contributed by atoms with Gasteiger partial charge in [-0.2, -0.15) is 5.10 Å². The monoisotopic (exact) mass is 399 g/mol. The fourth-order valence-corrected chi connectivity index (χ4v) is 3.53. The van der Waals surface area contributed by atoms with Gasteiger partial charge in [-0.1, -0.05) is 22.0 Å². The van der Waals surface area contributed by atoms with Crippen molar-refractivity contribution in [3.63, 3.8) is 0 Å². The Balaban J connectivity index is 1.89. The minimum Gasteiger partial charge on any atom is -0.497 e. The molecule has 1 aliphatic rings. The molecule has 0 atom stereocenters. The molecule has 1 N–H and O–H groups in total. The lowest BCUT2D eigenvalue weighted by Gasteiger charge is -2.08. The number of anilines is 1. The van der Waals surface area contributed by atoms with Gasteiger partial charge < -0.3 is 14.8 Å². The second-order valence-electron chi connectivity index (χ2n) is 5.85. The molecule has 5 nitrogen and oxygen atoms in total. The van der Waals surface area contributed by atoms with E-state index in [2.05, 4.69) is 27.3 Å². The van der Waals surface area contributed by atoms with Crippen LogP contribution in [0.3, 0.4) is 0 Å². The van der Waals surface area contributed by atoms with Crippen molar-refractivity contribution < 1.29 is 9.47 Å². The molecule has 0 unspecified atom stereocenters. The summed E-state index contributed by atoms with van der Waals surface area (Å²) in [6.45, 7) is 0.912. The summed E-state index contributed by atoms with van der Waals surface area (Å²) in [6, 6.07) is 14.0. The van der Waals surface area contributed by atoms with Gasteiger partial charge in [0, 0.05) is 28.2 Å². The number of halogens is 1. The number of aromatic nitrogens is 2. The molecule has 1 aliphatic heterocycles. The lowest BCUT2D eigenvalue weighted by atomic mass is 10.1. The number of hydrogen-bond acceptors (Lipinski definition) is 4. The fourth-order valence-electron chi connectivity index (χ4n) is 3.15. The first-order valence-electron chi connectivity index (χ1n) is 8.05. The molecule has 4 rings (SSSR count). The van der Waals surface area contributed by atoms with E-state index in [0.29, 0.717) is 0 Å². The SMILES string of the molecule is COc1cc(OC)cc(-c2nn(-c3cccc(Br)c3)c3c2CCN3)c1. The van der Waals surface area contributed by atoms with Gasteiger partial charge in [-0.25, -0.2) is 4.68 Å². The smallest absolute Gasteiger partial charge is 0.133 e. The minimum absolute atomic E-state index is 0.756. The molecule has 6 heteroatoms. The van der Waals surface area contributed by atoms with Crippen molar-refractivity contribution in [2.45, 2.75) is 6.42 Å². The molecule has 128 valence electrons. The van der Waals surface area contributed by atoms with Gasteiger partial charge in [0.2, 0.25) is 0 Å². The molecule has 0 fully saturated rings. The average Bonchev–Trinajstić information content (AvgIpc) is 3.23. The summed E-state index contributed by atoms with van der Waals surface area (Å²) in [6.07, 6.45) is 0.943. The predicted molar refractivity (Wildman–Crippen MR) is 102 cm³/mol. The van der Waals surface area contributed by atoms with Crippen LogP contribution in [-0.4, -0.2) is 30.5 Å². The highest BCUT2D eigenvalue weighted by molar-refractivity contribution is 9.10. The zero-order valence-electron chi connectivity index (χ0n) is 14.0. The first kappa shape index (κ1) is 16.0. The molecule has 3 aromatic rings. The van der Waals surface area contributed by atoms with Crippen molar-refractivity contribution >= 4 is 21.7 Å². The van der Waals surface area contributed by atoms with Crippen LogP contribution >= 0.6 is 15.9 Å². The lowest BCUT2D eigenvalue weighted by molar-refractivity contribution is 0.394. The topological polar surface area (TPSA) is 48.3 Å². The maximum absolute atomic E-state index is 5.41. The standard InChI is InChI=1S/C19H18BrN3O2/c1-24-15-8-12(9-16(11-15)25-2)18-17-6-7-21-19(17)23(22-18)14-5-3-4-13(20)10-14/h3-5,8-11,21H,6-7H2,1-2H3. The summed E-state index contributed by atoms with van der Waals surface area (Å²) in [5.41, 5.74) is 4.18. The first-order valence-corrected chi connectivity index (χ1v) is 8.84. The minimum atomic E-state index is 0.756. The van der Waals surface area contributed by atoms with Gasteiger partial charge in [-0.15, -0.1) is 0 Å². The van der Waals surface area contributed by atoms with Gasteiger partial charge in [0.1, 0.15) is 17.3 Å². The Labute approximate surface area is 154 Å². The molecular weight excluding hydrogens is 382 g/mol. The summed E-state index contributed by atoms with van der Waals surface area (Å²) in [5, 5.41) is 8.34. The molecular formula is C19H18BrN3O2. The second kappa shape index (κ2) is 6.44. The molecule has 0 saturated carbocycles. The van der Waals surface area contributed by atoms with Crippen molar-refractivity contribution in [3.05, 3.63) is 52.5 Å². The summed E-state index contributed by atoms with van der Waals surface area (Å²) in [5.74, 6) is 2.56. The van der Waals surface area contributed by atoms with E-state index in [1.54, 1.807) is 14.2 Å². The molecule has 0 radical (unpaired) electrons. The van der Waals surface area contributed by atoms with E-state index >= 15 is 0 Å². The Hall–Kier alpha value is -2.47. The summed E-state index contributed by atoms with van der Waals surface area (Å²) in [4.78, 5) is 0. The molecule has 25 heavy (non-hydrogen) atoms. The van der Waals surface area contributed by atoms with Crippen LogP contribution < -0.4 is 14.8 Å². The number of rotatable bonds is 4. The maximum Gasteiger partial charge on any atom is 0.133 e. The van der Waals surface area contributed by atoms with Crippen LogP contribution in [0.5, 0.6) is 11.5 Å². The molecule has 0 saturated heterocycles. The van der Waals surface area contributed by atoms with Crippen molar-refractivity contribution in [2.24, 2.45) is 0 Å². The van der Waals surface area contributed by atoms with Gasteiger partial charge in [0.15, 0.2) is 0 Å². The Bertz CT molecular complexity index is 914. The zero-order chi connectivity index (χ0) is 17.4. The Morgan fingerprint density at radius 2 is 1.84 bits per heavy atom. The van der Waals surface area contributed by atoms with Crippen molar-refractivity contribution in [2.75, 3.05) is 26.1 Å². The fraction of sp³-hybridized carbons (Fsp3) is 0.211. The number of hydrogen-bond donors (Lipinski definition) is 1. The van der Waals surface area contributed by atoms with Crippen molar-refractivity contribution in [1.29, 1.82) is 0 Å². The van der Waals surface area contributed by atoms with Crippen LogP contribution in [0.2, 0.25) is 0 Å². The molecule has 0 aliphatic carbocycles. The van der Waals surface area contributed by atoms with E-state index < -0.39 is 0 Å². The third-order valence-corrected chi connectivity index (χ3v) is 4.82. The van der Waals surface area contributed by atoms with Crippen molar-refractivity contribution in [3.8, 4) is 28.4 Å². The van der Waals surface area contributed by atoms with Gasteiger partial charge in [-0.05, 0) is 36.8 Å². The van der Waals surface area contributed by atoms with E-state index in [-0.39, 0.29) is 0 Å². The quantitative estimate of drug-likeness (QED) is 0.710. The average molecular weight is 400 g/mol. The van der Waals surface area contributed by atoms with E-state index in [9.17, 15) is 0 Å². The van der Waals surface area contributed by atoms with Gasteiger partial charge >= 0.3 is 0 Å². The molecule has 2 heterocycles. The predicted octanol–water partition coefficient (Wildman–Crippen LogP) is 4.29. The lowest BCUT2D eigenvalue weighted by Crippen LogP contribution is -2.04. The van der Waals surface area contributed by atoms with E-state index in [0.717, 1.165) is 51.7 Å². The Morgan fingerprint density at radius 1 is 1.08 bits per heavy atom. The largest absolute Gasteiger partial charge is 0.497 e. The highest BCUT2D eigenvalue weighted by atomic mass is 79.9. The van der Waals surface area contributed by atoms with E-state index in [1.807, 2.05) is 41.1 Å². The second-order valence-corrected chi connectivity index (χ2v) is 6.76. The highest BCUT2D eigenvalue weighted by Gasteiger charge is 2.24. The Kier molecular flexibility index (Phi) is 4.13. The van der Waals surface area contributed by atoms with Gasteiger partial charge in [0.25, 0.3) is 0 Å². The third-order valence-electron chi connectivity index (χ3n) is 4.33. The zero-order valence-corrected chi connectivity index (χ0v) is 15.6. The van der Waals surface area contributed by atoms with Crippen LogP contribution in [0.25, 0.3) is 16.9 Å². The van der Waals surface area contributed by atoms with E-state index in [1.165, 1.54) is 5.56 Å². The molecule has 1 aromatic heterocycles. The number of benzene rings is 2. The van der Waals surface area contributed by atoms with Gasteiger partial charge in [-0.3, -0.25) is 0 Å². The number of nitrogens with one attached hydrogen (secondary N) is 1. The van der Waals surface area contributed by atoms with Crippen LogP contribution in [0, 0.1) is 0 Å². The third kappa shape index (κ3) is 2.87. The summed E-state index contributed by atoms with van der Waals surface area (Å²) in [7, 11) is 3.31.